The van der Waals surface area contributed by atoms with Crippen molar-refractivity contribution in [2.45, 2.75) is 18.1 Å². The molecule has 0 unspecified atom stereocenters. The number of aromatic amines is 2. The van der Waals surface area contributed by atoms with Crippen molar-refractivity contribution in [3.63, 3.8) is 0 Å². The summed E-state index contributed by atoms with van der Waals surface area (Å²) in [5, 5.41) is 5.79. The fourth-order valence-corrected chi connectivity index (χ4v) is 3.91. The van der Waals surface area contributed by atoms with Gasteiger partial charge in [0.1, 0.15) is 11.6 Å². The first kappa shape index (κ1) is 17.1. The quantitative estimate of drug-likeness (QED) is 0.614. The van der Waals surface area contributed by atoms with Gasteiger partial charge in [-0.15, -0.1) is 0 Å². The van der Waals surface area contributed by atoms with E-state index < -0.39 is 15.5 Å². The Hall–Kier alpha value is -2.71. The highest BCUT2D eigenvalue weighted by Gasteiger charge is 2.15. The van der Waals surface area contributed by atoms with Gasteiger partial charge in [-0.2, -0.15) is 5.10 Å². The maximum atomic E-state index is 12.2. The average molecular weight is 358 g/mol. The molecule has 0 atom stereocenters. The highest BCUT2D eigenvalue weighted by atomic mass is 32.2. The van der Waals surface area contributed by atoms with Gasteiger partial charge in [-0.1, -0.05) is 42.5 Å². The van der Waals surface area contributed by atoms with Crippen LogP contribution in [-0.4, -0.2) is 23.6 Å². The molecule has 7 nitrogen and oxygen atoms in total. The molecule has 0 saturated carbocycles. The second-order valence-corrected chi connectivity index (χ2v) is 7.82. The Balaban J connectivity index is 1.74. The van der Waals surface area contributed by atoms with Gasteiger partial charge >= 0.3 is 5.69 Å². The van der Waals surface area contributed by atoms with Crippen LogP contribution in [0.5, 0.6) is 0 Å². The van der Waals surface area contributed by atoms with Crippen molar-refractivity contribution < 1.29 is 8.42 Å². The Bertz CT molecular complexity index is 1020. The number of rotatable bonds is 6. The first-order valence-electron chi connectivity index (χ1n) is 7.67. The van der Waals surface area contributed by atoms with Crippen molar-refractivity contribution in [3.8, 4) is 11.1 Å². The highest BCUT2D eigenvalue weighted by molar-refractivity contribution is 7.89. The number of H-pyrrole nitrogens is 2. The zero-order valence-electron chi connectivity index (χ0n) is 13.4. The van der Waals surface area contributed by atoms with E-state index in [0.717, 1.165) is 16.7 Å². The Morgan fingerprint density at radius 1 is 0.960 bits per heavy atom. The smallest absolute Gasteiger partial charge is 0.326 e. The third-order valence-electron chi connectivity index (χ3n) is 3.74. The lowest BCUT2D eigenvalue weighted by atomic mass is 10.0. The maximum Gasteiger partial charge on any atom is 0.340 e. The van der Waals surface area contributed by atoms with Gasteiger partial charge in [-0.05, 0) is 28.3 Å². The summed E-state index contributed by atoms with van der Waals surface area (Å²) in [5.74, 6) is -0.322. The number of sulfone groups is 1. The standard InChI is InChI=1S/C17H18N4O3S/c18-9-13-2-1-3-15(8-13)14-6-4-12(5-7-14)10-25(23,24)11-16-19-17(22)21-20-16/h1-8H,9-11,18H2,(H2,19,20,21,22). The predicted octanol–water partition coefficient (Wildman–Crippen LogP) is 1.34. The molecule has 0 radical (unpaired) electrons. The minimum absolute atomic E-state index is 0.111. The second-order valence-electron chi connectivity index (χ2n) is 5.76. The molecule has 3 rings (SSSR count). The molecule has 1 aromatic heterocycles. The van der Waals surface area contributed by atoms with Crippen LogP contribution >= 0.6 is 0 Å². The van der Waals surface area contributed by atoms with Crippen molar-refractivity contribution in [1.29, 1.82) is 0 Å². The summed E-state index contributed by atoms with van der Waals surface area (Å²) in [4.78, 5) is 13.3. The summed E-state index contributed by atoms with van der Waals surface area (Å²) in [7, 11) is -3.43. The molecule has 0 aliphatic carbocycles. The largest absolute Gasteiger partial charge is 0.340 e. The van der Waals surface area contributed by atoms with E-state index in [1.807, 2.05) is 36.4 Å². The number of aromatic nitrogens is 3. The van der Waals surface area contributed by atoms with Gasteiger partial charge in [-0.3, -0.25) is 4.98 Å². The average Bonchev–Trinajstić information content (AvgIpc) is 2.99. The van der Waals surface area contributed by atoms with Crippen LogP contribution in [0.1, 0.15) is 17.0 Å². The lowest BCUT2D eigenvalue weighted by molar-refractivity contribution is 0.593. The fraction of sp³-hybridized carbons (Fsp3) is 0.176. The van der Waals surface area contributed by atoms with Crippen LogP contribution in [0.4, 0.5) is 0 Å². The summed E-state index contributed by atoms with van der Waals surface area (Å²) >= 11 is 0. The summed E-state index contributed by atoms with van der Waals surface area (Å²) in [6.45, 7) is 0.472. The molecule has 130 valence electrons. The normalized spacial score (nSPS) is 11.6. The maximum absolute atomic E-state index is 12.2. The van der Waals surface area contributed by atoms with Crippen LogP contribution in [0.15, 0.2) is 53.3 Å². The van der Waals surface area contributed by atoms with Crippen molar-refractivity contribution in [1.82, 2.24) is 15.2 Å². The van der Waals surface area contributed by atoms with Crippen molar-refractivity contribution in [2.24, 2.45) is 5.73 Å². The van der Waals surface area contributed by atoms with Crippen LogP contribution in [0.3, 0.4) is 0 Å². The first-order chi connectivity index (χ1) is 11.9. The van der Waals surface area contributed by atoms with Gasteiger partial charge in [0.05, 0.1) is 5.75 Å². The summed E-state index contributed by atoms with van der Waals surface area (Å²) in [5.41, 5.74) is 8.88. The van der Waals surface area contributed by atoms with Crippen molar-refractivity contribution in [2.75, 3.05) is 0 Å². The van der Waals surface area contributed by atoms with Crippen LogP contribution in [0.25, 0.3) is 11.1 Å². The first-order valence-corrected chi connectivity index (χ1v) is 9.50. The summed E-state index contributed by atoms with van der Waals surface area (Å²) in [6.07, 6.45) is 0. The minimum Gasteiger partial charge on any atom is -0.326 e. The van der Waals surface area contributed by atoms with Crippen LogP contribution < -0.4 is 11.4 Å². The lowest BCUT2D eigenvalue weighted by Crippen LogP contribution is -2.09. The molecule has 4 N–H and O–H groups in total. The second kappa shape index (κ2) is 7.04. The summed E-state index contributed by atoms with van der Waals surface area (Å²) < 4.78 is 24.5. The molecule has 2 aromatic carbocycles. The van der Waals surface area contributed by atoms with E-state index in [9.17, 15) is 13.2 Å². The molecule has 0 aliphatic heterocycles. The third kappa shape index (κ3) is 4.43. The molecule has 0 saturated heterocycles. The van der Waals surface area contributed by atoms with Crippen LogP contribution in [0.2, 0.25) is 0 Å². The Morgan fingerprint density at radius 2 is 1.72 bits per heavy atom. The van der Waals surface area contributed by atoms with Gasteiger partial charge in [0.2, 0.25) is 0 Å². The Morgan fingerprint density at radius 3 is 2.36 bits per heavy atom. The number of nitrogens with zero attached hydrogens (tertiary/aromatic N) is 1. The van der Waals surface area contributed by atoms with Crippen molar-refractivity contribution >= 4 is 9.84 Å². The van der Waals surface area contributed by atoms with Gasteiger partial charge in [-0.25, -0.2) is 18.3 Å². The number of hydrogen-bond donors (Lipinski definition) is 3. The van der Waals surface area contributed by atoms with Crippen LogP contribution in [0, 0.1) is 0 Å². The molecular weight excluding hydrogens is 340 g/mol. The topological polar surface area (TPSA) is 122 Å². The fourth-order valence-electron chi connectivity index (χ4n) is 2.56. The van der Waals surface area contributed by atoms with E-state index in [2.05, 4.69) is 15.2 Å². The van der Waals surface area contributed by atoms with E-state index in [4.69, 9.17) is 5.73 Å². The van der Waals surface area contributed by atoms with E-state index in [1.54, 1.807) is 12.1 Å². The zero-order chi connectivity index (χ0) is 17.9. The van der Waals surface area contributed by atoms with Gasteiger partial charge in [0, 0.05) is 6.54 Å². The van der Waals surface area contributed by atoms with Gasteiger partial charge < -0.3 is 5.73 Å². The zero-order valence-corrected chi connectivity index (χ0v) is 14.2. The van der Waals surface area contributed by atoms with Gasteiger partial charge in [0.25, 0.3) is 0 Å². The van der Waals surface area contributed by atoms with E-state index in [1.165, 1.54) is 0 Å². The molecule has 3 aromatic rings. The molecule has 8 heteroatoms. The molecule has 0 fully saturated rings. The highest BCUT2D eigenvalue weighted by Crippen LogP contribution is 2.22. The van der Waals surface area contributed by atoms with Crippen molar-refractivity contribution in [3.05, 3.63) is 76.0 Å². The Kier molecular flexibility index (Phi) is 4.82. The number of benzene rings is 2. The molecule has 25 heavy (non-hydrogen) atoms. The number of hydrogen-bond acceptors (Lipinski definition) is 5. The molecule has 0 aliphatic rings. The lowest BCUT2D eigenvalue weighted by Gasteiger charge is -2.07. The van der Waals surface area contributed by atoms with Gasteiger partial charge in [0.15, 0.2) is 9.84 Å². The van der Waals surface area contributed by atoms with E-state index >= 15 is 0 Å². The monoisotopic (exact) mass is 358 g/mol. The van der Waals surface area contributed by atoms with E-state index in [0.29, 0.717) is 12.1 Å². The molecule has 0 bridgehead atoms. The molecule has 0 amide bonds. The summed E-state index contributed by atoms with van der Waals surface area (Å²) in [6, 6.07) is 15.3. The van der Waals surface area contributed by atoms with E-state index in [-0.39, 0.29) is 17.3 Å². The predicted molar refractivity (Wildman–Crippen MR) is 95.3 cm³/mol. The number of nitrogens with one attached hydrogen (secondary N) is 2. The Labute approximate surface area is 144 Å². The molecule has 1 heterocycles. The van der Waals surface area contributed by atoms with Crippen LogP contribution in [-0.2, 0) is 27.9 Å². The minimum atomic E-state index is -3.43. The SMILES string of the molecule is NCc1cccc(-c2ccc(CS(=O)(=O)Cc3n[nH]c(=O)[nH]3)cc2)c1. The molecular formula is C17H18N4O3S. The third-order valence-corrected chi connectivity index (χ3v) is 5.23. The molecule has 0 spiro atoms. The number of nitrogens with two attached hydrogens (primary N) is 1.